The Morgan fingerprint density at radius 3 is 2.92 bits per heavy atom. The van der Waals surface area contributed by atoms with Crippen LogP contribution in [0.15, 0.2) is 47.6 Å². The molecule has 1 amide bonds. The van der Waals surface area contributed by atoms with Gasteiger partial charge in [-0.2, -0.15) is 4.99 Å². The van der Waals surface area contributed by atoms with E-state index >= 15 is 0 Å². The first-order valence-corrected chi connectivity index (χ1v) is 9.14. The largest absolute Gasteiger partial charge is 0.454 e. The van der Waals surface area contributed by atoms with Crippen LogP contribution in [0.2, 0.25) is 0 Å². The Balaban J connectivity index is 1.67. The van der Waals surface area contributed by atoms with Crippen molar-refractivity contribution in [3.05, 3.63) is 53.0 Å². The first-order chi connectivity index (χ1) is 12.7. The Morgan fingerprint density at radius 2 is 2.08 bits per heavy atom. The van der Waals surface area contributed by atoms with Crippen LogP contribution in [0, 0.1) is 0 Å². The van der Waals surface area contributed by atoms with Crippen molar-refractivity contribution in [2.24, 2.45) is 4.99 Å². The number of carbonyl (C=O) groups is 1. The molecule has 0 spiro atoms. The number of amides is 1. The predicted molar refractivity (Wildman–Crippen MR) is 99.8 cm³/mol. The number of hydrogen-bond acceptors (Lipinski definition) is 4. The van der Waals surface area contributed by atoms with Crippen LogP contribution in [-0.4, -0.2) is 22.3 Å². The van der Waals surface area contributed by atoms with Gasteiger partial charge in [-0.15, -0.1) is 0 Å². The highest BCUT2D eigenvalue weighted by Gasteiger charge is 2.18. The van der Waals surface area contributed by atoms with Crippen molar-refractivity contribution in [2.75, 3.05) is 6.79 Å². The molecule has 0 bridgehead atoms. The van der Waals surface area contributed by atoms with E-state index in [1.165, 1.54) is 11.3 Å². The van der Waals surface area contributed by atoms with E-state index in [2.05, 4.69) is 9.98 Å². The third-order valence-corrected chi connectivity index (χ3v) is 5.55. The minimum Gasteiger partial charge on any atom is -0.454 e. The van der Waals surface area contributed by atoms with E-state index in [0.717, 1.165) is 32.6 Å². The summed E-state index contributed by atoms with van der Waals surface area (Å²) in [5.74, 6) is 1.21. The lowest BCUT2D eigenvalue weighted by Crippen LogP contribution is -2.15. The summed E-state index contributed by atoms with van der Waals surface area (Å²) in [4.78, 5) is 21.0. The molecule has 3 heterocycles. The molecular formula is C19H15N3O3S. The smallest absolute Gasteiger partial charge is 0.281 e. The van der Waals surface area contributed by atoms with Crippen molar-refractivity contribution < 1.29 is 14.3 Å². The molecular weight excluding hydrogens is 350 g/mol. The molecule has 2 aromatic carbocycles. The topological polar surface area (TPSA) is 68.6 Å². The van der Waals surface area contributed by atoms with Crippen LogP contribution in [0.1, 0.15) is 17.3 Å². The highest BCUT2D eigenvalue weighted by Crippen LogP contribution is 2.37. The fourth-order valence-corrected chi connectivity index (χ4v) is 4.35. The van der Waals surface area contributed by atoms with Crippen LogP contribution < -0.4 is 14.3 Å². The number of benzene rings is 2. The van der Waals surface area contributed by atoms with E-state index in [-0.39, 0.29) is 12.7 Å². The van der Waals surface area contributed by atoms with E-state index in [1.54, 1.807) is 6.20 Å². The van der Waals surface area contributed by atoms with E-state index in [0.29, 0.717) is 16.9 Å². The summed E-state index contributed by atoms with van der Waals surface area (Å²) < 4.78 is 14.0. The van der Waals surface area contributed by atoms with Gasteiger partial charge < -0.3 is 19.0 Å². The van der Waals surface area contributed by atoms with E-state index in [4.69, 9.17) is 9.47 Å². The van der Waals surface area contributed by atoms with Gasteiger partial charge in [0.2, 0.25) is 6.79 Å². The molecule has 0 atom stereocenters. The maximum atomic E-state index is 12.8. The minimum atomic E-state index is -0.253. The molecule has 0 saturated carbocycles. The predicted octanol–water partition coefficient (Wildman–Crippen LogP) is 3.67. The summed E-state index contributed by atoms with van der Waals surface area (Å²) >= 11 is 1.48. The van der Waals surface area contributed by atoms with E-state index in [9.17, 15) is 4.79 Å². The Morgan fingerprint density at radius 1 is 1.27 bits per heavy atom. The first-order valence-electron chi connectivity index (χ1n) is 8.33. The summed E-state index contributed by atoms with van der Waals surface area (Å²) in [7, 11) is 0. The van der Waals surface area contributed by atoms with Gasteiger partial charge in [0.1, 0.15) is 0 Å². The second-order valence-electron chi connectivity index (χ2n) is 5.97. The van der Waals surface area contributed by atoms with Crippen molar-refractivity contribution >= 4 is 38.4 Å². The number of fused-ring (bicyclic) bond motifs is 3. The Kier molecular flexibility index (Phi) is 3.36. The highest BCUT2D eigenvalue weighted by molar-refractivity contribution is 7.16. The number of carbonyl (C=O) groups excluding carboxylic acids is 1. The number of hydrogen-bond donors (Lipinski definition) is 1. The van der Waals surface area contributed by atoms with Crippen LogP contribution in [-0.2, 0) is 6.54 Å². The normalized spacial score (nSPS) is 13.8. The van der Waals surface area contributed by atoms with Gasteiger partial charge in [-0.3, -0.25) is 4.79 Å². The molecule has 0 radical (unpaired) electrons. The third kappa shape index (κ3) is 2.24. The molecule has 6 nitrogen and oxygen atoms in total. The monoisotopic (exact) mass is 365 g/mol. The molecule has 2 aromatic heterocycles. The van der Waals surface area contributed by atoms with Gasteiger partial charge in [0.15, 0.2) is 16.3 Å². The van der Waals surface area contributed by atoms with Crippen LogP contribution >= 0.6 is 11.3 Å². The number of nitrogens with zero attached hydrogens (tertiary/aromatic N) is 2. The van der Waals surface area contributed by atoms with Crippen LogP contribution in [0.5, 0.6) is 11.5 Å². The lowest BCUT2D eigenvalue weighted by atomic mass is 10.2. The summed E-state index contributed by atoms with van der Waals surface area (Å²) in [5.41, 5.74) is 2.50. The average molecular weight is 365 g/mol. The summed E-state index contributed by atoms with van der Waals surface area (Å²) in [6.07, 6.45) is 1.72. The van der Waals surface area contributed by atoms with Crippen molar-refractivity contribution in [2.45, 2.75) is 13.5 Å². The first kappa shape index (κ1) is 15.2. The molecule has 0 unspecified atom stereocenters. The van der Waals surface area contributed by atoms with Crippen LogP contribution in [0.4, 0.5) is 0 Å². The molecule has 4 aromatic rings. The maximum Gasteiger partial charge on any atom is 0.281 e. The summed E-state index contributed by atoms with van der Waals surface area (Å²) in [6.45, 7) is 2.99. The molecule has 1 aliphatic rings. The number of H-pyrrole nitrogens is 1. The number of aromatic nitrogens is 2. The summed E-state index contributed by atoms with van der Waals surface area (Å²) in [5, 5.41) is 0.881. The Bertz CT molecular complexity index is 1230. The molecule has 1 N–H and O–H groups in total. The molecule has 7 heteroatoms. The lowest BCUT2D eigenvalue weighted by molar-refractivity contribution is 0.0999. The fourth-order valence-electron chi connectivity index (χ4n) is 3.25. The number of nitrogens with one attached hydrogen (secondary N) is 1. The van der Waals surface area contributed by atoms with Gasteiger partial charge in [-0.1, -0.05) is 29.5 Å². The van der Waals surface area contributed by atoms with Gasteiger partial charge in [0.05, 0.1) is 15.8 Å². The number of rotatable bonds is 2. The third-order valence-electron chi connectivity index (χ3n) is 4.51. The van der Waals surface area contributed by atoms with Gasteiger partial charge in [0, 0.05) is 35.8 Å². The molecule has 26 heavy (non-hydrogen) atoms. The zero-order valence-electron chi connectivity index (χ0n) is 14.0. The molecule has 1 aliphatic heterocycles. The molecule has 5 rings (SSSR count). The molecule has 0 aliphatic carbocycles. The second-order valence-corrected chi connectivity index (χ2v) is 6.98. The molecule has 0 saturated heterocycles. The van der Waals surface area contributed by atoms with Gasteiger partial charge in [-0.25, -0.2) is 0 Å². The van der Waals surface area contributed by atoms with Crippen molar-refractivity contribution in [3.8, 4) is 11.5 Å². The number of ether oxygens (including phenoxy) is 2. The SMILES string of the molecule is CCn1c(=NC(=O)c2c[nH]c3ccccc23)sc2cc3c(cc21)OCO3. The van der Waals surface area contributed by atoms with E-state index in [1.807, 2.05) is 47.9 Å². The van der Waals surface area contributed by atoms with E-state index < -0.39 is 0 Å². The fraction of sp³-hybridized carbons (Fsp3) is 0.158. The van der Waals surface area contributed by atoms with Crippen LogP contribution in [0.25, 0.3) is 21.1 Å². The number of para-hydroxylation sites is 1. The van der Waals surface area contributed by atoms with Gasteiger partial charge in [-0.05, 0) is 13.0 Å². The maximum absolute atomic E-state index is 12.8. The molecule has 0 fully saturated rings. The van der Waals surface area contributed by atoms with Gasteiger partial charge >= 0.3 is 0 Å². The quantitative estimate of drug-likeness (QED) is 0.589. The summed E-state index contributed by atoms with van der Waals surface area (Å²) in [6, 6.07) is 11.6. The van der Waals surface area contributed by atoms with Crippen molar-refractivity contribution in [3.63, 3.8) is 0 Å². The second kappa shape index (κ2) is 5.74. The lowest BCUT2D eigenvalue weighted by Gasteiger charge is -2.01. The van der Waals surface area contributed by atoms with Crippen molar-refractivity contribution in [1.82, 2.24) is 9.55 Å². The average Bonchev–Trinajstić information content (AvgIpc) is 3.35. The zero-order valence-corrected chi connectivity index (χ0v) is 14.8. The number of aromatic amines is 1. The molecule has 130 valence electrons. The minimum absolute atomic E-state index is 0.245. The number of aryl methyl sites for hydroxylation is 1. The highest BCUT2D eigenvalue weighted by atomic mass is 32.1. The standard InChI is InChI=1S/C19H15N3O3S/c1-2-22-14-7-15-16(25-10-24-15)8-17(14)26-19(22)21-18(23)12-9-20-13-6-4-3-5-11(12)13/h3-9,20H,2,10H2,1H3. The Hall–Kier alpha value is -3.06. The number of thiazole rings is 1. The zero-order chi connectivity index (χ0) is 17.7. The van der Waals surface area contributed by atoms with Crippen molar-refractivity contribution in [1.29, 1.82) is 0 Å². The van der Waals surface area contributed by atoms with Crippen LogP contribution in [0.3, 0.4) is 0 Å². The Labute approximate surface area is 152 Å². The van der Waals surface area contributed by atoms with Gasteiger partial charge in [0.25, 0.3) is 5.91 Å².